The molecule has 5 nitrogen and oxygen atoms in total. The highest BCUT2D eigenvalue weighted by molar-refractivity contribution is 7.09. The van der Waals surface area contributed by atoms with Gasteiger partial charge in [-0.05, 0) is 25.1 Å². The molecule has 3 rings (SSSR count). The first-order valence-corrected chi connectivity index (χ1v) is 6.90. The standard InChI is InChI=1S/C14H12N4OS/c1-9-16-13(8-20-9)14(19)18-6-5-12(17-18)10-3-2-4-11(15)7-10/h2-8H,15H2,1H3. The molecule has 3 aromatic rings. The lowest BCUT2D eigenvalue weighted by Gasteiger charge is -1.99. The van der Waals surface area contributed by atoms with Crippen LogP contribution < -0.4 is 5.73 Å². The molecule has 0 aliphatic rings. The predicted octanol–water partition coefficient (Wildman–Crippen LogP) is 2.59. The molecule has 0 atom stereocenters. The fraction of sp³-hybridized carbons (Fsp3) is 0.0714. The van der Waals surface area contributed by atoms with Gasteiger partial charge in [0.05, 0.1) is 10.7 Å². The molecule has 0 saturated heterocycles. The Labute approximate surface area is 119 Å². The number of nitrogen functional groups attached to an aromatic ring is 1. The summed E-state index contributed by atoms with van der Waals surface area (Å²) in [4.78, 5) is 16.4. The van der Waals surface area contributed by atoms with Gasteiger partial charge in [-0.1, -0.05) is 12.1 Å². The van der Waals surface area contributed by atoms with E-state index in [0.717, 1.165) is 10.6 Å². The average Bonchev–Trinajstić information content (AvgIpc) is 3.07. The molecule has 2 heterocycles. The molecule has 2 aromatic heterocycles. The SMILES string of the molecule is Cc1nc(C(=O)n2ccc(-c3cccc(N)c3)n2)cs1. The lowest BCUT2D eigenvalue weighted by molar-refractivity contribution is 0.0941. The zero-order valence-electron chi connectivity index (χ0n) is 10.8. The molecular weight excluding hydrogens is 272 g/mol. The summed E-state index contributed by atoms with van der Waals surface area (Å²) in [6, 6.07) is 9.18. The molecule has 0 amide bonds. The molecule has 0 spiro atoms. The molecule has 6 heteroatoms. The van der Waals surface area contributed by atoms with Gasteiger partial charge in [0.25, 0.3) is 5.91 Å². The number of benzene rings is 1. The first-order chi connectivity index (χ1) is 9.63. The van der Waals surface area contributed by atoms with E-state index in [4.69, 9.17) is 5.73 Å². The molecule has 0 radical (unpaired) electrons. The molecule has 0 aliphatic heterocycles. The van der Waals surface area contributed by atoms with Crippen LogP contribution in [-0.2, 0) is 0 Å². The second-order valence-electron chi connectivity index (χ2n) is 4.33. The molecule has 0 aliphatic carbocycles. The largest absolute Gasteiger partial charge is 0.399 e. The molecule has 20 heavy (non-hydrogen) atoms. The Kier molecular flexibility index (Phi) is 3.08. The van der Waals surface area contributed by atoms with Gasteiger partial charge in [-0.3, -0.25) is 4.79 Å². The highest BCUT2D eigenvalue weighted by atomic mass is 32.1. The monoisotopic (exact) mass is 284 g/mol. The zero-order valence-corrected chi connectivity index (χ0v) is 11.6. The molecule has 100 valence electrons. The lowest BCUT2D eigenvalue weighted by Crippen LogP contribution is -2.13. The van der Waals surface area contributed by atoms with E-state index in [-0.39, 0.29) is 5.91 Å². The van der Waals surface area contributed by atoms with E-state index in [1.165, 1.54) is 16.0 Å². The van der Waals surface area contributed by atoms with Gasteiger partial charge in [0.1, 0.15) is 5.69 Å². The van der Waals surface area contributed by atoms with Crippen LogP contribution in [-0.4, -0.2) is 20.7 Å². The van der Waals surface area contributed by atoms with Crippen LogP contribution in [0.2, 0.25) is 0 Å². The van der Waals surface area contributed by atoms with E-state index in [0.29, 0.717) is 17.1 Å². The second-order valence-corrected chi connectivity index (χ2v) is 5.39. The lowest BCUT2D eigenvalue weighted by atomic mass is 10.1. The van der Waals surface area contributed by atoms with Crippen molar-refractivity contribution < 1.29 is 4.79 Å². The number of nitrogens with two attached hydrogens (primary N) is 1. The molecule has 0 saturated carbocycles. The molecule has 0 fully saturated rings. The van der Waals surface area contributed by atoms with Crippen LogP contribution in [0.15, 0.2) is 41.9 Å². The van der Waals surface area contributed by atoms with Gasteiger partial charge in [0.15, 0.2) is 0 Å². The third-order valence-corrected chi connectivity index (χ3v) is 3.59. The predicted molar refractivity (Wildman–Crippen MR) is 78.7 cm³/mol. The van der Waals surface area contributed by atoms with E-state index < -0.39 is 0 Å². The average molecular weight is 284 g/mol. The van der Waals surface area contributed by atoms with Crippen molar-refractivity contribution in [3.8, 4) is 11.3 Å². The quantitative estimate of drug-likeness (QED) is 0.734. The van der Waals surface area contributed by atoms with Crippen molar-refractivity contribution in [1.82, 2.24) is 14.8 Å². The van der Waals surface area contributed by atoms with Gasteiger partial charge in [0.2, 0.25) is 0 Å². The van der Waals surface area contributed by atoms with Crippen molar-refractivity contribution in [2.24, 2.45) is 0 Å². The number of nitrogens with zero attached hydrogens (tertiary/aromatic N) is 3. The third kappa shape index (κ3) is 2.33. The van der Waals surface area contributed by atoms with Crippen LogP contribution in [0.25, 0.3) is 11.3 Å². The van der Waals surface area contributed by atoms with Gasteiger partial charge in [-0.15, -0.1) is 11.3 Å². The summed E-state index contributed by atoms with van der Waals surface area (Å²) in [5, 5.41) is 6.88. The summed E-state index contributed by atoms with van der Waals surface area (Å²) in [5.41, 5.74) is 8.41. The Balaban J connectivity index is 1.92. The van der Waals surface area contributed by atoms with Crippen molar-refractivity contribution in [3.05, 3.63) is 52.6 Å². The first kappa shape index (κ1) is 12.6. The van der Waals surface area contributed by atoms with Gasteiger partial charge < -0.3 is 5.73 Å². The van der Waals surface area contributed by atoms with Crippen molar-refractivity contribution in [2.75, 3.05) is 5.73 Å². The molecule has 0 bridgehead atoms. The minimum atomic E-state index is -0.232. The topological polar surface area (TPSA) is 73.8 Å². The Morgan fingerprint density at radius 3 is 2.90 bits per heavy atom. The van der Waals surface area contributed by atoms with Gasteiger partial charge in [0, 0.05) is 22.8 Å². The Morgan fingerprint density at radius 1 is 1.35 bits per heavy atom. The number of hydrogen-bond donors (Lipinski definition) is 1. The van der Waals surface area contributed by atoms with Crippen molar-refractivity contribution >= 4 is 22.9 Å². The number of anilines is 1. The second kappa shape index (κ2) is 4.90. The Hall–Kier alpha value is -2.47. The Morgan fingerprint density at radius 2 is 2.20 bits per heavy atom. The van der Waals surface area contributed by atoms with Crippen molar-refractivity contribution in [2.45, 2.75) is 6.92 Å². The smallest absolute Gasteiger partial charge is 0.297 e. The summed E-state index contributed by atoms with van der Waals surface area (Å²) in [7, 11) is 0. The minimum absolute atomic E-state index is 0.232. The fourth-order valence-electron chi connectivity index (χ4n) is 1.87. The number of thiazole rings is 1. The number of rotatable bonds is 2. The number of aromatic nitrogens is 3. The van der Waals surface area contributed by atoms with Gasteiger partial charge >= 0.3 is 0 Å². The number of aryl methyl sites for hydroxylation is 1. The van der Waals surface area contributed by atoms with Crippen molar-refractivity contribution in [3.63, 3.8) is 0 Å². The maximum atomic E-state index is 12.2. The summed E-state index contributed by atoms with van der Waals surface area (Å²) < 4.78 is 1.30. The van der Waals surface area contributed by atoms with E-state index in [1.807, 2.05) is 31.2 Å². The van der Waals surface area contributed by atoms with E-state index in [2.05, 4.69) is 10.1 Å². The van der Waals surface area contributed by atoms with Crippen LogP contribution in [0.3, 0.4) is 0 Å². The summed E-state index contributed by atoms with van der Waals surface area (Å²) in [6.07, 6.45) is 1.63. The summed E-state index contributed by atoms with van der Waals surface area (Å²) >= 11 is 1.44. The highest BCUT2D eigenvalue weighted by Gasteiger charge is 2.13. The van der Waals surface area contributed by atoms with Gasteiger partial charge in [-0.2, -0.15) is 5.10 Å². The highest BCUT2D eigenvalue weighted by Crippen LogP contribution is 2.19. The normalized spacial score (nSPS) is 10.7. The van der Waals surface area contributed by atoms with Crippen LogP contribution in [0, 0.1) is 6.92 Å². The van der Waals surface area contributed by atoms with Gasteiger partial charge in [-0.25, -0.2) is 9.67 Å². The maximum Gasteiger partial charge on any atom is 0.297 e. The Bertz CT molecular complexity index is 775. The molecular formula is C14H12N4OS. The summed E-state index contributed by atoms with van der Waals surface area (Å²) in [5.74, 6) is -0.232. The summed E-state index contributed by atoms with van der Waals surface area (Å²) in [6.45, 7) is 1.86. The van der Waals surface area contributed by atoms with E-state index in [1.54, 1.807) is 17.6 Å². The molecule has 0 unspecified atom stereocenters. The zero-order chi connectivity index (χ0) is 14.1. The van der Waals surface area contributed by atoms with Crippen LogP contribution in [0.1, 0.15) is 15.5 Å². The molecule has 2 N–H and O–H groups in total. The van der Waals surface area contributed by atoms with E-state index in [9.17, 15) is 4.79 Å². The van der Waals surface area contributed by atoms with Crippen LogP contribution in [0.4, 0.5) is 5.69 Å². The minimum Gasteiger partial charge on any atom is -0.399 e. The van der Waals surface area contributed by atoms with Crippen LogP contribution >= 0.6 is 11.3 Å². The van der Waals surface area contributed by atoms with Crippen LogP contribution in [0.5, 0.6) is 0 Å². The number of carbonyl (C=O) groups excluding carboxylic acids is 1. The maximum absolute atomic E-state index is 12.2. The van der Waals surface area contributed by atoms with E-state index >= 15 is 0 Å². The van der Waals surface area contributed by atoms with Crippen molar-refractivity contribution in [1.29, 1.82) is 0 Å². The third-order valence-electron chi connectivity index (χ3n) is 2.82. The number of carbonyl (C=O) groups is 1. The fourth-order valence-corrected chi connectivity index (χ4v) is 2.45. The number of hydrogen-bond acceptors (Lipinski definition) is 5. The first-order valence-electron chi connectivity index (χ1n) is 6.02. The molecule has 1 aromatic carbocycles.